The predicted molar refractivity (Wildman–Crippen MR) is 95.8 cm³/mol. The fourth-order valence-corrected chi connectivity index (χ4v) is 3.19. The number of ether oxygens (including phenoxy) is 2. The molecule has 0 radical (unpaired) electrons. The standard InChI is InChI=1S/C19H24N2O4/c1-3-18(22)21(12-16-5-4-8-25-16)11-14-9-13-6-7-15(24-2)10-17(13)20-19(14)23/h6-7,9-10,16H,3-5,8,11-12H2,1-2H3,(H,20,23)/t16-/m0/s1. The zero-order chi connectivity index (χ0) is 17.8. The summed E-state index contributed by atoms with van der Waals surface area (Å²) in [6.07, 6.45) is 2.47. The molecular formula is C19H24N2O4. The molecule has 6 heteroatoms. The van der Waals surface area contributed by atoms with E-state index in [1.807, 2.05) is 25.1 Å². The van der Waals surface area contributed by atoms with Crippen LogP contribution in [-0.2, 0) is 16.1 Å². The van der Waals surface area contributed by atoms with Crippen molar-refractivity contribution in [1.82, 2.24) is 9.88 Å². The molecule has 2 aromatic rings. The molecule has 0 bridgehead atoms. The second kappa shape index (κ2) is 7.70. The predicted octanol–water partition coefficient (Wildman–Crippen LogP) is 2.45. The average molecular weight is 344 g/mol. The fraction of sp³-hybridized carbons (Fsp3) is 0.474. The van der Waals surface area contributed by atoms with Gasteiger partial charge >= 0.3 is 0 Å². The number of rotatable bonds is 6. The Bertz CT molecular complexity index is 809. The van der Waals surface area contributed by atoms with Gasteiger partial charge in [0.2, 0.25) is 5.91 Å². The Hall–Kier alpha value is -2.34. The van der Waals surface area contributed by atoms with Gasteiger partial charge in [-0.05, 0) is 36.4 Å². The zero-order valence-electron chi connectivity index (χ0n) is 14.7. The van der Waals surface area contributed by atoms with Gasteiger partial charge in [0.25, 0.3) is 5.56 Å². The van der Waals surface area contributed by atoms with E-state index < -0.39 is 0 Å². The first kappa shape index (κ1) is 17.5. The second-order valence-corrected chi connectivity index (χ2v) is 6.34. The monoisotopic (exact) mass is 344 g/mol. The van der Waals surface area contributed by atoms with E-state index in [4.69, 9.17) is 9.47 Å². The number of nitrogens with one attached hydrogen (secondary N) is 1. The highest BCUT2D eigenvalue weighted by Gasteiger charge is 2.22. The third-order valence-electron chi connectivity index (χ3n) is 4.59. The fourth-order valence-electron chi connectivity index (χ4n) is 3.19. The van der Waals surface area contributed by atoms with Crippen LogP contribution in [0.25, 0.3) is 10.9 Å². The minimum Gasteiger partial charge on any atom is -0.497 e. The van der Waals surface area contributed by atoms with Gasteiger partial charge in [-0.3, -0.25) is 9.59 Å². The van der Waals surface area contributed by atoms with E-state index in [1.165, 1.54) is 0 Å². The van der Waals surface area contributed by atoms with Crippen molar-refractivity contribution in [2.75, 3.05) is 20.3 Å². The van der Waals surface area contributed by atoms with Gasteiger partial charge in [-0.1, -0.05) is 6.92 Å². The first-order valence-corrected chi connectivity index (χ1v) is 8.70. The van der Waals surface area contributed by atoms with E-state index in [0.29, 0.717) is 30.8 Å². The van der Waals surface area contributed by atoms with E-state index in [9.17, 15) is 9.59 Å². The first-order chi connectivity index (χ1) is 12.1. The number of methoxy groups -OCH3 is 1. The van der Waals surface area contributed by atoms with E-state index in [-0.39, 0.29) is 17.6 Å². The molecule has 6 nitrogen and oxygen atoms in total. The molecule has 0 unspecified atom stereocenters. The molecule has 0 aliphatic carbocycles. The lowest BCUT2D eigenvalue weighted by Crippen LogP contribution is -2.37. The molecule has 1 aromatic carbocycles. The SMILES string of the molecule is CCC(=O)N(Cc1cc2ccc(OC)cc2[nH]c1=O)C[C@@H]1CCCO1. The summed E-state index contributed by atoms with van der Waals surface area (Å²) >= 11 is 0. The lowest BCUT2D eigenvalue weighted by atomic mass is 10.1. The molecule has 1 fully saturated rings. The highest BCUT2D eigenvalue weighted by Crippen LogP contribution is 2.20. The number of nitrogens with zero attached hydrogens (tertiary/aromatic N) is 1. The van der Waals surface area contributed by atoms with E-state index in [1.54, 1.807) is 18.1 Å². The van der Waals surface area contributed by atoms with Crippen LogP contribution in [0, 0.1) is 0 Å². The normalized spacial score (nSPS) is 17.0. The van der Waals surface area contributed by atoms with Crippen LogP contribution in [0.4, 0.5) is 0 Å². The lowest BCUT2D eigenvalue weighted by molar-refractivity contribution is -0.133. The zero-order valence-corrected chi connectivity index (χ0v) is 14.7. The number of aromatic nitrogens is 1. The van der Waals surface area contributed by atoms with Gasteiger partial charge in [-0.2, -0.15) is 0 Å². The van der Waals surface area contributed by atoms with Crippen LogP contribution in [0.1, 0.15) is 31.7 Å². The summed E-state index contributed by atoms with van der Waals surface area (Å²) in [5, 5.41) is 0.913. The van der Waals surface area contributed by atoms with Gasteiger partial charge in [-0.25, -0.2) is 0 Å². The third-order valence-corrected chi connectivity index (χ3v) is 4.59. The number of hydrogen-bond acceptors (Lipinski definition) is 4. The molecule has 2 heterocycles. The van der Waals surface area contributed by atoms with Crippen molar-refractivity contribution >= 4 is 16.8 Å². The second-order valence-electron chi connectivity index (χ2n) is 6.34. The molecule has 1 aliphatic rings. The molecular weight excluding hydrogens is 320 g/mol. The van der Waals surface area contributed by atoms with Crippen LogP contribution in [0.15, 0.2) is 29.1 Å². The maximum atomic E-state index is 12.5. The van der Waals surface area contributed by atoms with E-state index in [2.05, 4.69) is 4.98 Å². The Morgan fingerprint density at radius 1 is 1.40 bits per heavy atom. The highest BCUT2D eigenvalue weighted by atomic mass is 16.5. The van der Waals surface area contributed by atoms with Crippen LogP contribution in [-0.4, -0.2) is 42.2 Å². The van der Waals surface area contributed by atoms with Gasteiger partial charge < -0.3 is 19.4 Å². The summed E-state index contributed by atoms with van der Waals surface area (Å²) in [5.41, 5.74) is 1.13. The Morgan fingerprint density at radius 2 is 2.24 bits per heavy atom. The molecule has 0 spiro atoms. The third kappa shape index (κ3) is 4.02. The van der Waals surface area contributed by atoms with Crippen molar-refractivity contribution in [3.63, 3.8) is 0 Å². The Morgan fingerprint density at radius 3 is 2.92 bits per heavy atom. The molecule has 0 saturated carbocycles. The maximum Gasteiger partial charge on any atom is 0.253 e. The largest absolute Gasteiger partial charge is 0.497 e. The topological polar surface area (TPSA) is 71.6 Å². The molecule has 25 heavy (non-hydrogen) atoms. The molecule has 1 atom stereocenters. The molecule has 1 N–H and O–H groups in total. The van der Waals surface area contributed by atoms with Crippen LogP contribution >= 0.6 is 0 Å². The summed E-state index contributed by atoms with van der Waals surface area (Å²) in [6.45, 7) is 3.41. The number of H-pyrrole nitrogens is 1. The smallest absolute Gasteiger partial charge is 0.253 e. The van der Waals surface area contributed by atoms with Crippen LogP contribution in [0.5, 0.6) is 5.75 Å². The molecule has 3 rings (SSSR count). The Kier molecular flexibility index (Phi) is 5.38. The molecule has 1 aromatic heterocycles. The summed E-state index contributed by atoms with van der Waals surface area (Å²) < 4.78 is 10.8. The van der Waals surface area contributed by atoms with Gasteiger partial charge in [0.05, 0.1) is 25.3 Å². The minimum atomic E-state index is -0.179. The lowest BCUT2D eigenvalue weighted by Gasteiger charge is -2.25. The number of carbonyl (C=O) groups excluding carboxylic acids is 1. The molecule has 1 saturated heterocycles. The number of fused-ring (bicyclic) bond motifs is 1. The van der Waals surface area contributed by atoms with Gasteiger partial charge in [0, 0.05) is 31.2 Å². The van der Waals surface area contributed by atoms with Crippen molar-refractivity contribution in [2.24, 2.45) is 0 Å². The van der Waals surface area contributed by atoms with Crippen LogP contribution in [0.3, 0.4) is 0 Å². The number of benzene rings is 1. The summed E-state index contributed by atoms with van der Waals surface area (Å²) in [6, 6.07) is 7.40. The van der Waals surface area contributed by atoms with Crippen molar-refractivity contribution in [3.05, 3.63) is 40.2 Å². The number of amides is 1. The van der Waals surface area contributed by atoms with Crippen LogP contribution in [0.2, 0.25) is 0 Å². The van der Waals surface area contributed by atoms with Crippen LogP contribution < -0.4 is 10.3 Å². The van der Waals surface area contributed by atoms with Crippen molar-refractivity contribution in [3.8, 4) is 5.75 Å². The van der Waals surface area contributed by atoms with Gasteiger partial charge in [-0.15, -0.1) is 0 Å². The van der Waals surface area contributed by atoms with E-state index >= 15 is 0 Å². The number of hydrogen-bond donors (Lipinski definition) is 1. The average Bonchev–Trinajstić information content (AvgIpc) is 3.13. The van der Waals surface area contributed by atoms with Crippen molar-refractivity contribution < 1.29 is 14.3 Å². The highest BCUT2D eigenvalue weighted by molar-refractivity contribution is 5.81. The number of carbonyl (C=O) groups is 1. The number of aromatic amines is 1. The summed E-state index contributed by atoms with van der Waals surface area (Å²) in [4.78, 5) is 29.4. The van der Waals surface area contributed by atoms with E-state index in [0.717, 1.165) is 30.4 Å². The van der Waals surface area contributed by atoms with Crippen molar-refractivity contribution in [1.29, 1.82) is 0 Å². The molecule has 134 valence electrons. The Balaban J connectivity index is 1.86. The molecule has 1 aliphatic heterocycles. The van der Waals surface area contributed by atoms with Gasteiger partial charge in [0.15, 0.2) is 0 Å². The summed E-state index contributed by atoms with van der Waals surface area (Å²) in [5.74, 6) is 0.724. The van der Waals surface area contributed by atoms with Crippen molar-refractivity contribution in [2.45, 2.75) is 38.8 Å². The quantitative estimate of drug-likeness (QED) is 0.874. The minimum absolute atomic E-state index is 0.0322. The Labute approximate surface area is 146 Å². The summed E-state index contributed by atoms with van der Waals surface area (Å²) in [7, 11) is 1.59. The first-order valence-electron chi connectivity index (χ1n) is 8.70. The molecule has 1 amide bonds. The maximum absolute atomic E-state index is 12.5. The van der Waals surface area contributed by atoms with Gasteiger partial charge in [0.1, 0.15) is 5.75 Å². The number of pyridine rings is 1.